The summed E-state index contributed by atoms with van der Waals surface area (Å²) >= 11 is 0. The number of fused-ring (bicyclic) bond motifs is 1. The minimum atomic E-state index is -5.75. The summed E-state index contributed by atoms with van der Waals surface area (Å²) in [4.78, 5) is 0. The Kier molecular flexibility index (Phi) is 4.20. The second-order valence-electron chi connectivity index (χ2n) is 5.54. The Hall–Kier alpha value is -2.54. The van der Waals surface area contributed by atoms with Crippen LogP contribution in [0.3, 0.4) is 0 Å². The summed E-state index contributed by atoms with van der Waals surface area (Å²) in [7, 11) is -5.75. The zero-order chi connectivity index (χ0) is 18.2. The topological polar surface area (TPSA) is 43.4 Å². The molecule has 0 fully saturated rings. The van der Waals surface area contributed by atoms with E-state index >= 15 is 0 Å². The first-order valence-corrected chi connectivity index (χ1v) is 8.69. The number of rotatable bonds is 3. The van der Waals surface area contributed by atoms with Gasteiger partial charge in [0.2, 0.25) is 0 Å². The third-order valence-corrected chi connectivity index (χ3v) is 4.66. The summed E-state index contributed by atoms with van der Waals surface area (Å²) in [6, 6.07) is 16.9. The standard InChI is InChI=1S/C18H13F3O3S/c1-12-6-8-13(9-7-12)15-10-14-4-2-3-5-16(14)17(11-15)24-25(22,23)18(19,20)21/h2-11H,1H3. The largest absolute Gasteiger partial charge is 0.534 e. The first kappa shape index (κ1) is 17.3. The third-order valence-electron chi connectivity index (χ3n) is 3.69. The Morgan fingerprint density at radius 1 is 0.880 bits per heavy atom. The van der Waals surface area contributed by atoms with Gasteiger partial charge in [0.05, 0.1) is 0 Å². The molecule has 0 heterocycles. The van der Waals surface area contributed by atoms with Gasteiger partial charge in [0.1, 0.15) is 0 Å². The van der Waals surface area contributed by atoms with Crippen molar-refractivity contribution in [2.75, 3.05) is 0 Å². The van der Waals surface area contributed by atoms with Crippen molar-refractivity contribution in [1.29, 1.82) is 0 Å². The fourth-order valence-corrected chi connectivity index (χ4v) is 2.89. The first-order valence-electron chi connectivity index (χ1n) is 7.28. The molecule has 0 unspecified atom stereocenters. The van der Waals surface area contributed by atoms with Crippen molar-refractivity contribution in [1.82, 2.24) is 0 Å². The number of halogens is 3. The van der Waals surface area contributed by atoms with Crippen LogP contribution < -0.4 is 4.18 Å². The predicted molar refractivity (Wildman–Crippen MR) is 89.7 cm³/mol. The van der Waals surface area contributed by atoms with Crippen molar-refractivity contribution in [2.45, 2.75) is 12.4 Å². The molecule has 0 aromatic heterocycles. The van der Waals surface area contributed by atoms with Gasteiger partial charge in [-0.2, -0.15) is 21.6 Å². The van der Waals surface area contributed by atoms with Crippen molar-refractivity contribution < 1.29 is 25.8 Å². The smallest absolute Gasteiger partial charge is 0.375 e. The molecule has 0 saturated heterocycles. The monoisotopic (exact) mass is 366 g/mol. The lowest BCUT2D eigenvalue weighted by Gasteiger charge is -2.13. The summed E-state index contributed by atoms with van der Waals surface area (Å²) in [5.74, 6) is -0.356. The van der Waals surface area contributed by atoms with Gasteiger partial charge in [-0.05, 0) is 35.6 Å². The molecule has 0 spiro atoms. The third kappa shape index (κ3) is 3.46. The SMILES string of the molecule is Cc1ccc(-c2cc(OS(=O)(=O)C(F)(F)F)c3ccccc3c2)cc1. The fourth-order valence-electron chi connectivity index (χ4n) is 2.42. The molecule has 0 saturated carbocycles. The number of alkyl halides is 3. The van der Waals surface area contributed by atoms with E-state index in [1.807, 2.05) is 31.2 Å². The normalized spacial score (nSPS) is 12.3. The maximum Gasteiger partial charge on any atom is 0.534 e. The fraction of sp³-hybridized carbons (Fsp3) is 0.111. The van der Waals surface area contributed by atoms with Crippen LogP contribution in [0.5, 0.6) is 5.75 Å². The molecule has 0 amide bonds. The number of benzene rings is 3. The molecule has 25 heavy (non-hydrogen) atoms. The van der Waals surface area contributed by atoms with E-state index in [2.05, 4.69) is 4.18 Å². The van der Waals surface area contributed by atoms with Crippen LogP contribution in [0.25, 0.3) is 21.9 Å². The highest BCUT2D eigenvalue weighted by Gasteiger charge is 2.48. The molecular weight excluding hydrogens is 353 g/mol. The molecule has 7 heteroatoms. The minimum absolute atomic E-state index is 0.284. The zero-order valence-electron chi connectivity index (χ0n) is 13.0. The van der Waals surface area contributed by atoms with Crippen molar-refractivity contribution in [3.63, 3.8) is 0 Å². The van der Waals surface area contributed by atoms with E-state index in [4.69, 9.17) is 0 Å². The Bertz CT molecular complexity index is 1020. The van der Waals surface area contributed by atoms with Gasteiger partial charge in [0.25, 0.3) is 0 Å². The van der Waals surface area contributed by atoms with E-state index < -0.39 is 15.6 Å². The highest BCUT2D eigenvalue weighted by atomic mass is 32.2. The number of aryl methyl sites for hydroxylation is 1. The number of hydrogen-bond acceptors (Lipinski definition) is 3. The molecule has 130 valence electrons. The van der Waals surface area contributed by atoms with Crippen molar-refractivity contribution in [3.05, 3.63) is 66.2 Å². The average Bonchev–Trinajstić information content (AvgIpc) is 2.54. The van der Waals surface area contributed by atoms with Crippen LogP contribution in [0, 0.1) is 6.92 Å². The van der Waals surface area contributed by atoms with Crippen LogP contribution in [0.15, 0.2) is 60.7 Å². The van der Waals surface area contributed by atoms with Crippen LogP contribution in [-0.2, 0) is 10.1 Å². The summed E-state index contributed by atoms with van der Waals surface area (Å²) in [6.45, 7) is 1.91. The Balaban J connectivity index is 2.18. The molecule has 3 aromatic rings. The Morgan fingerprint density at radius 3 is 2.16 bits per heavy atom. The summed E-state index contributed by atoms with van der Waals surface area (Å²) in [6.07, 6.45) is 0. The maximum absolute atomic E-state index is 12.7. The summed E-state index contributed by atoms with van der Waals surface area (Å²) < 4.78 is 65.3. The second kappa shape index (κ2) is 6.07. The van der Waals surface area contributed by atoms with E-state index in [9.17, 15) is 21.6 Å². The van der Waals surface area contributed by atoms with E-state index in [-0.39, 0.29) is 11.1 Å². The van der Waals surface area contributed by atoms with Crippen LogP contribution >= 0.6 is 0 Å². The van der Waals surface area contributed by atoms with E-state index in [1.54, 1.807) is 24.3 Å². The van der Waals surface area contributed by atoms with Crippen molar-refractivity contribution >= 4 is 20.9 Å². The molecule has 0 atom stereocenters. The van der Waals surface area contributed by atoms with Crippen LogP contribution in [0.2, 0.25) is 0 Å². The summed E-state index contributed by atoms with van der Waals surface area (Å²) in [5, 5.41) is 0.860. The average molecular weight is 366 g/mol. The van der Waals surface area contributed by atoms with Crippen molar-refractivity contribution in [3.8, 4) is 16.9 Å². The molecule has 3 rings (SSSR count). The van der Waals surface area contributed by atoms with E-state index in [0.29, 0.717) is 10.9 Å². The lowest BCUT2D eigenvalue weighted by molar-refractivity contribution is -0.0499. The molecular formula is C18H13F3O3S. The van der Waals surface area contributed by atoms with Gasteiger partial charge >= 0.3 is 15.6 Å². The molecule has 0 aliphatic carbocycles. The molecule has 0 N–H and O–H groups in total. The molecule has 0 aliphatic rings. The van der Waals surface area contributed by atoms with Gasteiger partial charge in [-0.25, -0.2) is 0 Å². The zero-order valence-corrected chi connectivity index (χ0v) is 13.9. The van der Waals surface area contributed by atoms with Gasteiger partial charge < -0.3 is 4.18 Å². The van der Waals surface area contributed by atoms with Gasteiger partial charge in [0, 0.05) is 5.39 Å². The Morgan fingerprint density at radius 2 is 1.52 bits per heavy atom. The highest BCUT2D eigenvalue weighted by molar-refractivity contribution is 7.88. The van der Waals surface area contributed by atoms with E-state index in [0.717, 1.165) is 11.1 Å². The predicted octanol–water partition coefficient (Wildman–Crippen LogP) is 5.04. The molecule has 0 aliphatic heterocycles. The van der Waals surface area contributed by atoms with Crippen LogP contribution in [-0.4, -0.2) is 13.9 Å². The number of hydrogen-bond donors (Lipinski definition) is 0. The lowest BCUT2D eigenvalue weighted by Crippen LogP contribution is -2.28. The van der Waals surface area contributed by atoms with Gasteiger partial charge in [-0.3, -0.25) is 0 Å². The van der Waals surface area contributed by atoms with Gasteiger partial charge in [-0.15, -0.1) is 0 Å². The molecule has 0 radical (unpaired) electrons. The Labute approximate surface area is 142 Å². The van der Waals surface area contributed by atoms with E-state index in [1.165, 1.54) is 12.1 Å². The molecule has 0 bridgehead atoms. The highest BCUT2D eigenvalue weighted by Crippen LogP contribution is 2.35. The molecule has 3 nitrogen and oxygen atoms in total. The van der Waals surface area contributed by atoms with Crippen LogP contribution in [0.4, 0.5) is 13.2 Å². The van der Waals surface area contributed by atoms with Gasteiger partial charge in [-0.1, -0.05) is 54.1 Å². The van der Waals surface area contributed by atoms with Crippen LogP contribution in [0.1, 0.15) is 5.56 Å². The second-order valence-corrected chi connectivity index (χ2v) is 7.08. The van der Waals surface area contributed by atoms with Gasteiger partial charge in [0.15, 0.2) is 5.75 Å². The quantitative estimate of drug-likeness (QED) is 0.482. The summed E-state index contributed by atoms with van der Waals surface area (Å²) in [5.41, 5.74) is -3.16. The first-order chi connectivity index (χ1) is 11.7. The van der Waals surface area contributed by atoms with Crippen molar-refractivity contribution in [2.24, 2.45) is 0 Å². The maximum atomic E-state index is 12.7. The molecule has 3 aromatic carbocycles. The minimum Gasteiger partial charge on any atom is -0.375 e. The lowest BCUT2D eigenvalue weighted by atomic mass is 10.00.